The third-order valence-electron chi connectivity index (χ3n) is 4.12. The summed E-state index contributed by atoms with van der Waals surface area (Å²) >= 11 is 3.40. The highest BCUT2D eigenvalue weighted by Gasteiger charge is 2.46. The predicted octanol–water partition coefficient (Wildman–Crippen LogP) is 3.93. The quantitative estimate of drug-likeness (QED) is 0.810. The van der Waals surface area contributed by atoms with Gasteiger partial charge in [0.2, 0.25) is 0 Å². The molecule has 4 heteroatoms. The van der Waals surface area contributed by atoms with Crippen LogP contribution in [0.4, 0.5) is 5.69 Å². The molecule has 1 heterocycles. The van der Waals surface area contributed by atoms with Gasteiger partial charge in [-0.15, -0.1) is 0 Å². The topological polar surface area (TPSA) is 49.3 Å². The maximum absolute atomic E-state index is 12.4. The second-order valence-electron chi connectivity index (χ2n) is 6.68. The number of anilines is 1. The molecular formula is C18H18BrNO2. The normalized spacial score (nSPS) is 20.7. The van der Waals surface area contributed by atoms with Crippen LogP contribution in [0.5, 0.6) is 0 Å². The Labute approximate surface area is 138 Å². The van der Waals surface area contributed by atoms with Crippen LogP contribution in [0.2, 0.25) is 0 Å². The molecule has 3 rings (SSSR count). The summed E-state index contributed by atoms with van der Waals surface area (Å²) in [6.07, 6.45) is 0. The van der Waals surface area contributed by atoms with Crippen LogP contribution in [-0.4, -0.2) is 11.0 Å². The van der Waals surface area contributed by atoms with Crippen molar-refractivity contribution in [2.75, 3.05) is 5.32 Å². The summed E-state index contributed by atoms with van der Waals surface area (Å²) in [5.74, 6) is -0.413. The number of halogens is 1. The first-order valence-corrected chi connectivity index (χ1v) is 7.97. The van der Waals surface area contributed by atoms with Crippen LogP contribution in [-0.2, 0) is 15.8 Å². The monoisotopic (exact) mass is 359 g/mol. The second-order valence-corrected chi connectivity index (χ2v) is 7.60. The minimum absolute atomic E-state index is 0.0278. The first-order valence-electron chi connectivity index (χ1n) is 7.18. The Hall–Kier alpha value is -1.65. The Balaban J connectivity index is 2.11. The van der Waals surface area contributed by atoms with E-state index in [0.29, 0.717) is 16.8 Å². The molecular weight excluding hydrogens is 342 g/mol. The third-order valence-corrected chi connectivity index (χ3v) is 4.61. The van der Waals surface area contributed by atoms with Gasteiger partial charge in [0.25, 0.3) is 5.91 Å². The zero-order chi connectivity index (χ0) is 16.1. The summed E-state index contributed by atoms with van der Waals surface area (Å²) in [7, 11) is 0. The average Bonchev–Trinajstić information content (AvgIpc) is 2.71. The van der Waals surface area contributed by atoms with E-state index in [0.717, 1.165) is 10.0 Å². The summed E-state index contributed by atoms with van der Waals surface area (Å²) in [6.45, 7) is 6.39. The van der Waals surface area contributed by atoms with Gasteiger partial charge in [-0.1, -0.05) is 61.0 Å². The maximum Gasteiger partial charge on any atom is 0.265 e. The third kappa shape index (κ3) is 2.27. The number of aliphatic hydroxyl groups is 1. The van der Waals surface area contributed by atoms with Crippen LogP contribution in [0.1, 0.15) is 37.5 Å². The number of fused-ring (bicyclic) bond motifs is 1. The largest absolute Gasteiger partial charge is 0.372 e. The van der Waals surface area contributed by atoms with Crippen molar-refractivity contribution >= 4 is 27.5 Å². The highest BCUT2D eigenvalue weighted by atomic mass is 79.9. The van der Waals surface area contributed by atoms with Gasteiger partial charge in [-0.3, -0.25) is 4.79 Å². The Morgan fingerprint density at radius 1 is 1.09 bits per heavy atom. The van der Waals surface area contributed by atoms with E-state index in [9.17, 15) is 9.90 Å². The summed E-state index contributed by atoms with van der Waals surface area (Å²) < 4.78 is 0.826. The molecule has 2 N–H and O–H groups in total. The SMILES string of the molecule is CC(C)(C)c1ccc(C2(O)C(=O)Nc3ccc(Br)cc32)cc1. The highest BCUT2D eigenvalue weighted by Crippen LogP contribution is 2.42. The van der Waals surface area contributed by atoms with Crippen LogP contribution in [0.15, 0.2) is 46.9 Å². The fraction of sp³-hybridized carbons (Fsp3) is 0.278. The lowest BCUT2D eigenvalue weighted by atomic mass is 9.83. The van der Waals surface area contributed by atoms with Crippen LogP contribution >= 0.6 is 15.9 Å². The fourth-order valence-electron chi connectivity index (χ4n) is 2.76. The second kappa shape index (κ2) is 4.93. The highest BCUT2D eigenvalue weighted by molar-refractivity contribution is 9.10. The van der Waals surface area contributed by atoms with Crippen LogP contribution < -0.4 is 5.32 Å². The van der Waals surface area contributed by atoms with Gasteiger partial charge in [-0.25, -0.2) is 0 Å². The lowest BCUT2D eigenvalue weighted by molar-refractivity contribution is -0.129. The molecule has 0 aliphatic carbocycles. The van der Waals surface area contributed by atoms with Gasteiger partial charge in [-0.05, 0) is 34.7 Å². The van der Waals surface area contributed by atoms with E-state index >= 15 is 0 Å². The number of nitrogens with one attached hydrogen (secondary N) is 1. The zero-order valence-corrected chi connectivity index (χ0v) is 14.4. The Morgan fingerprint density at radius 3 is 2.32 bits per heavy atom. The molecule has 0 saturated carbocycles. The van der Waals surface area contributed by atoms with E-state index < -0.39 is 11.5 Å². The molecule has 1 aliphatic rings. The van der Waals surface area contributed by atoms with Crippen molar-refractivity contribution in [3.8, 4) is 0 Å². The van der Waals surface area contributed by atoms with Crippen molar-refractivity contribution in [1.82, 2.24) is 0 Å². The predicted molar refractivity (Wildman–Crippen MR) is 90.9 cm³/mol. The lowest BCUT2D eigenvalue weighted by Gasteiger charge is -2.24. The molecule has 0 spiro atoms. The Bertz CT molecular complexity index is 747. The lowest BCUT2D eigenvalue weighted by Crippen LogP contribution is -2.35. The van der Waals surface area contributed by atoms with Crippen molar-refractivity contribution < 1.29 is 9.90 Å². The number of amides is 1. The maximum atomic E-state index is 12.4. The molecule has 22 heavy (non-hydrogen) atoms. The van der Waals surface area contributed by atoms with E-state index in [2.05, 4.69) is 42.0 Å². The smallest absolute Gasteiger partial charge is 0.265 e. The molecule has 2 aromatic carbocycles. The number of benzene rings is 2. The van der Waals surface area contributed by atoms with Gasteiger partial charge in [0.1, 0.15) is 0 Å². The molecule has 1 aliphatic heterocycles. The minimum atomic E-state index is -1.64. The van der Waals surface area contributed by atoms with Crippen LogP contribution in [0.25, 0.3) is 0 Å². The number of hydrogen-bond acceptors (Lipinski definition) is 2. The van der Waals surface area contributed by atoms with Gasteiger partial charge in [-0.2, -0.15) is 0 Å². The molecule has 3 nitrogen and oxygen atoms in total. The van der Waals surface area contributed by atoms with E-state index in [1.54, 1.807) is 12.1 Å². The Kier molecular flexibility index (Phi) is 3.42. The van der Waals surface area contributed by atoms with Gasteiger partial charge < -0.3 is 10.4 Å². The standard InChI is InChI=1S/C18H18BrNO2/c1-17(2,3)11-4-6-12(7-5-11)18(22)14-10-13(19)8-9-15(14)20-16(18)21/h4-10,22H,1-3H3,(H,20,21). The summed E-state index contributed by atoms with van der Waals surface area (Å²) in [5.41, 5.74) is 1.35. The van der Waals surface area contributed by atoms with Crippen molar-refractivity contribution in [3.63, 3.8) is 0 Å². The summed E-state index contributed by atoms with van der Waals surface area (Å²) in [5, 5.41) is 13.8. The summed E-state index contributed by atoms with van der Waals surface area (Å²) in [4.78, 5) is 12.4. The molecule has 114 valence electrons. The molecule has 1 unspecified atom stereocenters. The van der Waals surface area contributed by atoms with Crippen LogP contribution in [0.3, 0.4) is 0 Å². The molecule has 0 aromatic heterocycles. The molecule has 0 bridgehead atoms. The van der Waals surface area contributed by atoms with E-state index in [-0.39, 0.29) is 5.41 Å². The average molecular weight is 360 g/mol. The molecule has 0 radical (unpaired) electrons. The molecule has 2 aromatic rings. The number of rotatable bonds is 1. The zero-order valence-electron chi connectivity index (χ0n) is 12.8. The first kappa shape index (κ1) is 15.3. The van der Waals surface area contributed by atoms with Crippen molar-refractivity contribution in [2.45, 2.75) is 31.8 Å². The number of carbonyl (C=O) groups excluding carboxylic acids is 1. The van der Waals surface area contributed by atoms with Crippen molar-refractivity contribution in [3.05, 3.63) is 63.6 Å². The number of carbonyl (C=O) groups is 1. The molecule has 0 fully saturated rings. The van der Waals surface area contributed by atoms with E-state index in [4.69, 9.17) is 0 Å². The summed E-state index contributed by atoms with van der Waals surface area (Å²) in [6, 6.07) is 13.0. The van der Waals surface area contributed by atoms with Crippen molar-refractivity contribution in [2.24, 2.45) is 0 Å². The van der Waals surface area contributed by atoms with E-state index in [1.165, 1.54) is 0 Å². The van der Waals surface area contributed by atoms with Gasteiger partial charge >= 0.3 is 0 Å². The molecule has 1 amide bonds. The van der Waals surface area contributed by atoms with Gasteiger partial charge in [0.15, 0.2) is 5.60 Å². The van der Waals surface area contributed by atoms with Crippen LogP contribution in [0, 0.1) is 0 Å². The number of hydrogen-bond donors (Lipinski definition) is 2. The van der Waals surface area contributed by atoms with Gasteiger partial charge in [0.05, 0.1) is 0 Å². The molecule has 0 saturated heterocycles. The van der Waals surface area contributed by atoms with Crippen molar-refractivity contribution in [1.29, 1.82) is 0 Å². The van der Waals surface area contributed by atoms with E-state index in [1.807, 2.05) is 30.3 Å². The molecule has 1 atom stereocenters. The minimum Gasteiger partial charge on any atom is -0.372 e. The van der Waals surface area contributed by atoms with Gasteiger partial charge in [0, 0.05) is 15.7 Å². The fourth-order valence-corrected chi connectivity index (χ4v) is 3.12. The first-order chi connectivity index (χ1) is 10.2. The Morgan fingerprint density at radius 2 is 1.73 bits per heavy atom.